The van der Waals surface area contributed by atoms with E-state index in [9.17, 15) is 24.0 Å². The van der Waals surface area contributed by atoms with Gasteiger partial charge >= 0.3 is 0 Å². The van der Waals surface area contributed by atoms with E-state index in [4.69, 9.17) is 4.74 Å². The van der Waals surface area contributed by atoms with Gasteiger partial charge in [-0.25, -0.2) is 0 Å². The summed E-state index contributed by atoms with van der Waals surface area (Å²) < 4.78 is 7.71. The van der Waals surface area contributed by atoms with Gasteiger partial charge < -0.3 is 30.9 Å². The van der Waals surface area contributed by atoms with Crippen LogP contribution in [0.2, 0.25) is 0 Å². The zero-order valence-corrected chi connectivity index (χ0v) is 28.3. The fourth-order valence-corrected chi connectivity index (χ4v) is 6.38. The standard InChI is InChI=1S/C36H45N7O6/c1-23-26(24(2)42(3)41-23)16-18-38-35(47)29-22-32(44)43-19-9-14-30(43)36(48)40-28(21-25-11-5-4-6-12-25)34(46)37-17-10-20-49-31-15-8-7-13-27(31)33(45)39-29/h4-8,11-13,15,28-30H,9-10,14,16-22H2,1-3H3,(H,37,46)(H,38,47)(H,39,45)(H,40,48)/t28-,29-,30-/m0/s1. The molecule has 3 aromatic rings. The van der Waals surface area contributed by atoms with Crippen molar-refractivity contribution in [2.45, 2.75) is 70.5 Å². The molecular formula is C36H45N7O6. The number of hydrogen-bond donors (Lipinski definition) is 4. The van der Waals surface area contributed by atoms with Crippen LogP contribution in [0.3, 0.4) is 0 Å². The van der Waals surface area contributed by atoms with Crippen LogP contribution >= 0.6 is 0 Å². The van der Waals surface area contributed by atoms with E-state index < -0.39 is 41.8 Å². The third kappa shape index (κ3) is 8.84. The van der Waals surface area contributed by atoms with Crippen LogP contribution in [0.5, 0.6) is 5.75 Å². The van der Waals surface area contributed by atoms with Crippen LogP contribution < -0.4 is 26.0 Å². The molecule has 49 heavy (non-hydrogen) atoms. The van der Waals surface area contributed by atoms with E-state index in [1.54, 1.807) is 28.9 Å². The summed E-state index contributed by atoms with van der Waals surface area (Å²) in [5.74, 6) is -2.01. The summed E-state index contributed by atoms with van der Waals surface area (Å²) >= 11 is 0. The van der Waals surface area contributed by atoms with Crippen LogP contribution in [0, 0.1) is 13.8 Å². The zero-order valence-electron chi connectivity index (χ0n) is 28.3. The van der Waals surface area contributed by atoms with Crippen molar-refractivity contribution < 1.29 is 28.7 Å². The number of para-hydroxylation sites is 1. The molecule has 3 heterocycles. The summed E-state index contributed by atoms with van der Waals surface area (Å²) in [7, 11) is 1.86. The first-order chi connectivity index (χ1) is 23.6. The second-order valence-electron chi connectivity index (χ2n) is 12.5. The van der Waals surface area contributed by atoms with Gasteiger partial charge in [0.2, 0.25) is 23.6 Å². The highest BCUT2D eigenvalue weighted by atomic mass is 16.5. The topological polar surface area (TPSA) is 164 Å². The van der Waals surface area contributed by atoms with Crippen molar-refractivity contribution in [1.82, 2.24) is 35.9 Å². The molecule has 2 aliphatic rings. The van der Waals surface area contributed by atoms with E-state index in [0.29, 0.717) is 38.0 Å². The Labute approximate surface area is 286 Å². The van der Waals surface area contributed by atoms with Crippen molar-refractivity contribution in [3.8, 4) is 5.75 Å². The summed E-state index contributed by atoms with van der Waals surface area (Å²) in [4.78, 5) is 69.5. The second-order valence-corrected chi connectivity index (χ2v) is 12.5. The molecule has 1 aromatic heterocycles. The summed E-state index contributed by atoms with van der Waals surface area (Å²) in [6, 6.07) is 13.2. The predicted molar refractivity (Wildman–Crippen MR) is 182 cm³/mol. The smallest absolute Gasteiger partial charge is 0.255 e. The minimum absolute atomic E-state index is 0.201. The van der Waals surface area contributed by atoms with Crippen molar-refractivity contribution in [3.63, 3.8) is 0 Å². The van der Waals surface area contributed by atoms with Crippen molar-refractivity contribution in [2.24, 2.45) is 7.05 Å². The van der Waals surface area contributed by atoms with Gasteiger partial charge in [-0.05, 0) is 62.8 Å². The van der Waals surface area contributed by atoms with Crippen LogP contribution in [0.4, 0.5) is 0 Å². The van der Waals surface area contributed by atoms with E-state index in [-0.39, 0.29) is 44.0 Å². The number of fused-ring (bicyclic) bond motifs is 2. The summed E-state index contributed by atoms with van der Waals surface area (Å²) in [5.41, 5.74) is 3.96. The Balaban J connectivity index is 1.38. The first kappa shape index (κ1) is 35.1. The highest BCUT2D eigenvalue weighted by molar-refractivity contribution is 6.01. The first-order valence-electron chi connectivity index (χ1n) is 16.8. The number of aromatic nitrogens is 2. The Morgan fingerprint density at radius 2 is 1.73 bits per heavy atom. The normalized spacial score (nSPS) is 20.9. The monoisotopic (exact) mass is 671 g/mol. The van der Waals surface area contributed by atoms with Gasteiger partial charge in [0.05, 0.1) is 24.3 Å². The van der Waals surface area contributed by atoms with Crippen LogP contribution in [0.25, 0.3) is 0 Å². The maximum absolute atomic E-state index is 13.8. The first-order valence-corrected chi connectivity index (χ1v) is 16.8. The number of carbonyl (C=O) groups is 5. The summed E-state index contributed by atoms with van der Waals surface area (Å²) in [6.07, 6.45) is 1.87. The number of carbonyl (C=O) groups excluding carboxylic acids is 5. The lowest BCUT2D eigenvalue weighted by Gasteiger charge is -2.28. The average Bonchev–Trinajstić information content (AvgIpc) is 3.68. The minimum atomic E-state index is -1.22. The van der Waals surface area contributed by atoms with Gasteiger partial charge in [0.25, 0.3) is 5.91 Å². The maximum atomic E-state index is 13.8. The molecule has 0 spiro atoms. The molecule has 1 saturated heterocycles. The fourth-order valence-electron chi connectivity index (χ4n) is 6.38. The number of rotatable bonds is 6. The van der Waals surface area contributed by atoms with E-state index >= 15 is 0 Å². The molecule has 2 aliphatic heterocycles. The van der Waals surface area contributed by atoms with Gasteiger partial charge in [0.15, 0.2) is 0 Å². The summed E-state index contributed by atoms with van der Waals surface area (Å²) in [6.45, 7) is 4.93. The molecule has 0 aliphatic carbocycles. The lowest BCUT2D eigenvalue weighted by Crippen LogP contribution is -2.55. The Kier molecular flexibility index (Phi) is 11.7. The number of amides is 5. The van der Waals surface area contributed by atoms with E-state index in [2.05, 4.69) is 26.4 Å². The Hall–Kier alpha value is -5.20. The van der Waals surface area contributed by atoms with Crippen molar-refractivity contribution in [3.05, 3.63) is 82.7 Å². The third-order valence-electron chi connectivity index (χ3n) is 9.13. The highest BCUT2D eigenvalue weighted by Crippen LogP contribution is 2.22. The lowest BCUT2D eigenvalue weighted by atomic mass is 10.0. The van der Waals surface area contributed by atoms with E-state index in [1.165, 1.54) is 4.90 Å². The molecule has 5 amide bonds. The number of benzene rings is 2. The largest absolute Gasteiger partial charge is 0.493 e. The van der Waals surface area contributed by atoms with Gasteiger partial charge in [0, 0.05) is 38.8 Å². The molecule has 0 radical (unpaired) electrons. The number of ether oxygens (including phenoxy) is 1. The van der Waals surface area contributed by atoms with Gasteiger partial charge in [-0.1, -0.05) is 42.5 Å². The number of hydrogen-bond acceptors (Lipinski definition) is 7. The quantitative estimate of drug-likeness (QED) is 0.309. The second kappa shape index (κ2) is 16.3. The van der Waals surface area contributed by atoms with Gasteiger partial charge in [-0.3, -0.25) is 28.7 Å². The number of aryl methyl sites for hydroxylation is 2. The molecule has 0 unspecified atom stereocenters. The molecule has 13 heteroatoms. The maximum Gasteiger partial charge on any atom is 0.255 e. The van der Waals surface area contributed by atoms with Crippen molar-refractivity contribution in [1.29, 1.82) is 0 Å². The number of nitrogens with one attached hydrogen (secondary N) is 4. The van der Waals surface area contributed by atoms with Crippen LogP contribution in [0.15, 0.2) is 54.6 Å². The molecule has 260 valence electrons. The van der Waals surface area contributed by atoms with Crippen LogP contribution in [-0.2, 0) is 39.1 Å². The molecule has 5 rings (SSSR count). The number of nitrogens with zero attached hydrogens (tertiary/aromatic N) is 3. The van der Waals surface area contributed by atoms with E-state index in [1.807, 2.05) is 51.2 Å². The molecule has 0 bridgehead atoms. The zero-order chi connectivity index (χ0) is 34.9. The molecule has 0 saturated carbocycles. The average molecular weight is 672 g/mol. The Bertz CT molecular complexity index is 1670. The summed E-state index contributed by atoms with van der Waals surface area (Å²) in [5, 5.41) is 15.9. The SMILES string of the molecule is Cc1nn(C)c(C)c1CCNC(=O)[C@@H]1CC(=O)N2CCC[C@H]2C(=O)N[C@@H](Cc2ccccc2)C(=O)NCCCOc2ccccc2C(=O)N1. The molecular weight excluding hydrogens is 626 g/mol. The van der Waals surface area contributed by atoms with Gasteiger partial charge in [-0.15, -0.1) is 0 Å². The van der Waals surface area contributed by atoms with Gasteiger partial charge in [-0.2, -0.15) is 5.10 Å². The third-order valence-corrected chi connectivity index (χ3v) is 9.13. The van der Waals surface area contributed by atoms with Gasteiger partial charge in [0.1, 0.15) is 23.9 Å². The molecule has 13 nitrogen and oxygen atoms in total. The Morgan fingerprint density at radius 3 is 2.49 bits per heavy atom. The van der Waals surface area contributed by atoms with Crippen LogP contribution in [-0.4, -0.2) is 88.6 Å². The fraction of sp³-hybridized carbons (Fsp3) is 0.444. The lowest BCUT2D eigenvalue weighted by molar-refractivity contribution is -0.140. The predicted octanol–water partition coefficient (Wildman–Crippen LogP) is 1.50. The molecule has 4 N–H and O–H groups in total. The molecule has 1 fully saturated rings. The van der Waals surface area contributed by atoms with Crippen LogP contribution in [0.1, 0.15) is 58.6 Å². The van der Waals surface area contributed by atoms with E-state index in [0.717, 1.165) is 22.5 Å². The molecule has 3 atom stereocenters. The van der Waals surface area contributed by atoms with Crippen molar-refractivity contribution in [2.75, 3.05) is 26.2 Å². The minimum Gasteiger partial charge on any atom is -0.493 e. The van der Waals surface area contributed by atoms with Crippen molar-refractivity contribution >= 4 is 29.5 Å². The highest BCUT2D eigenvalue weighted by Gasteiger charge is 2.38. The Morgan fingerprint density at radius 1 is 0.980 bits per heavy atom. The molecule has 2 aromatic carbocycles.